The molecule has 28 heavy (non-hydrogen) atoms. The van der Waals surface area contributed by atoms with Gasteiger partial charge in [0.15, 0.2) is 0 Å². The van der Waals surface area contributed by atoms with E-state index in [1.54, 1.807) is 0 Å². The molecular weight excluding hydrogens is 372 g/mol. The van der Waals surface area contributed by atoms with Gasteiger partial charge in [0.2, 0.25) is 10.0 Å². The first-order chi connectivity index (χ1) is 13.0. The van der Waals surface area contributed by atoms with Gasteiger partial charge < -0.3 is 9.67 Å². The van der Waals surface area contributed by atoms with Crippen LogP contribution in [-0.4, -0.2) is 24.6 Å². The predicted octanol–water partition coefficient (Wildman–Crippen LogP) is 3.73. The smallest absolute Gasteiger partial charge is 0.241 e. The molecule has 0 spiro atoms. The van der Waals surface area contributed by atoms with E-state index in [2.05, 4.69) is 4.72 Å². The maximum atomic E-state index is 13.0. The minimum Gasteiger partial charge on any atom is -0.387 e. The lowest BCUT2D eigenvalue weighted by Gasteiger charge is -2.20. The summed E-state index contributed by atoms with van der Waals surface area (Å²) in [5.41, 5.74) is 6.35. The third kappa shape index (κ3) is 3.48. The SMILES string of the molecule is Cc1c(C)c(C)c(S(=O)(=O)NCC(O)c2ccc3c(ccn3C)c2)c(C)c1C. The van der Waals surface area contributed by atoms with Crippen molar-refractivity contribution in [1.82, 2.24) is 9.29 Å². The quantitative estimate of drug-likeness (QED) is 0.685. The average Bonchev–Trinajstić information content (AvgIpc) is 3.03. The first-order valence-electron chi connectivity index (χ1n) is 9.34. The first-order valence-corrected chi connectivity index (χ1v) is 10.8. The fourth-order valence-corrected chi connectivity index (χ4v) is 5.39. The van der Waals surface area contributed by atoms with Crippen LogP contribution in [-0.2, 0) is 17.1 Å². The van der Waals surface area contributed by atoms with Gasteiger partial charge in [0.25, 0.3) is 0 Å². The Bertz CT molecular complexity index is 1130. The number of aromatic nitrogens is 1. The number of sulfonamides is 1. The van der Waals surface area contributed by atoms with E-state index in [0.29, 0.717) is 10.5 Å². The van der Waals surface area contributed by atoms with Crippen molar-refractivity contribution < 1.29 is 13.5 Å². The first kappa shape index (κ1) is 20.6. The van der Waals surface area contributed by atoms with Gasteiger partial charge in [-0.1, -0.05) is 6.07 Å². The number of nitrogens with zero attached hydrogens (tertiary/aromatic N) is 1. The molecule has 0 aliphatic heterocycles. The van der Waals surface area contributed by atoms with Crippen LogP contribution in [0.5, 0.6) is 0 Å². The molecule has 6 heteroatoms. The van der Waals surface area contributed by atoms with Crippen molar-refractivity contribution in [2.24, 2.45) is 7.05 Å². The Balaban J connectivity index is 1.87. The van der Waals surface area contributed by atoms with Gasteiger partial charge in [-0.15, -0.1) is 0 Å². The van der Waals surface area contributed by atoms with E-state index in [9.17, 15) is 13.5 Å². The van der Waals surface area contributed by atoms with Gasteiger partial charge >= 0.3 is 0 Å². The van der Waals surface area contributed by atoms with E-state index < -0.39 is 16.1 Å². The van der Waals surface area contributed by atoms with E-state index in [1.165, 1.54) is 0 Å². The maximum absolute atomic E-state index is 13.0. The van der Waals surface area contributed by atoms with Crippen molar-refractivity contribution in [2.75, 3.05) is 6.54 Å². The summed E-state index contributed by atoms with van der Waals surface area (Å²) in [6.45, 7) is 9.50. The van der Waals surface area contributed by atoms with E-state index in [4.69, 9.17) is 0 Å². The average molecular weight is 401 g/mol. The highest BCUT2D eigenvalue weighted by atomic mass is 32.2. The third-order valence-corrected chi connectivity index (χ3v) is 7.66. The summed E-state index contributed by atoms with van der Waals surface area (Å²) in [7, 11) is -1.78. The van der Waals surface area contributed by atoms with E-state index in [1.807, 2.05) is 76.7 Å². The molecule has 0 radical (unpaired) electrons. The number of aliphatic hydroxyl groups is 1. The van der Waals surface area contributed by atoms with Crippen molar-refractivity contribution in [2.45, 2.75) is 45.6 Å². The fourth-order valence-electron chi connectivity index (χ4n) is 3.75. The molecule has 2 N–H and O–H groups in total. The number of aryl methyl sites for hydroxylation is 1. The molecule has 0 aliphatic rings. The zero-order valence-corrected chi connectivity index (χ0v) is 18.1. The van der Waals surface area contributed by atoms with Gasteiger partial charge in [-0.3, -0.25) is 0 Å². The second-order valence-electron chi connectivity index (χ2n) is 7.57. The van der Waals surface area contributed by atoms with Gasteiger partial charge in [-0.05, 0) is 91.6 Å². The minimum absolute atomic E-state index is 0.0779. The van der Waals surface area contributed by atoms with Crippen LogP contribution in [0.1, 0.15) is 39.5 Å². The Morgan fingerprint density at radius 1 is 0.964 bits per heavy atom. The number of hydrogen-bond acceptors (Lipinski definition) is 3. The third-order valence-electron chi connectivity index (χ3n) is 5.96. The van der Waals surface area contributed by atoms with Gasteiger partial charge in [-0.25, -0.2) is 13.1 Å². The van der Waals surface area contributed by atoms with Crippen LogP contribution in [0.25, 0.3) is 10.9 Å². The molecule has 0 saturated carbocycles. The molecular formula is C22H28N2O3S. The Morgan fingerprint density at radius 2 is 1.54 bits per heavy atom. The summed E-state index contributed by atoms with van der Waals surface area (Å²) < 4.78 is 30.6. The maximum Gasteiger partial charge on any atom is 0.241 e. The van der Waals surface area contributed by atoms with Gasteiger partial charge in [0.05, 0.1) is 11.0 Å². The van der Waals surface area contributed by atoms with Crippen molar-refractivity contribution >= 4 is 20.9 Å². The van der Waals surface area contributed by atoms with E-state index in [0.717, 1.165) is 38.7 Å². The summed E-state index contributed by atoms with van der Waals surface area (Å²) in [5.74, 6) is 0. The Hall–Kier alpha value is -2.15. The Morgan fingerprint density at radius 3 is 2.14 bits per heavy atom. The Kier molecular flexibility index (Phi) is 5.40. The number of rotatable bonds is 5. The molecule has 3 aromatic rings. The molecule has 0 aliphatic carbocycles. The van der Waals surface area contributed by atoms with Crippen LogP contribution in [0, 0.1) is 34.6 Å². The molecule has 0 amide bonds. The van der Waals surface area contributed by atoms with Crippen molar-refractivity contribution in [1.29, 1.82) is 0 Å². The van der Waals surface area contributed by atoms with Gasteiger partial charge in [-0.2, -0.15) is 0 Å². The number of fused-ring (bicyclic) bond motifs is 1. The normalized spacial score (nSPS) is 13.2. The number of aliphatic hydroxyl groups excluding tert-OH is 1. The summed E-state index contributed by atoms with van der Waals surface area (Å²) in [6, 6.07) is 7.63. The highest BCUT2D eigenvalue weighted by molar-refractivity contribution is 7.89. The van der Waals surface area contributed by atoms with Crippen LogP contribution in [0.3, 0.4) is 0 Å². The molecule has 1 atom stereocenters. The summed E-state index contributed by atoms with van der Waals surface area (Å²) in [5, 5.41) is 11.6. The molecule has 150 valence electrons. The highest BCUT2D eigenvalue weighted by Gasteiger charge is 2.24. The van der Waals surface area contributed by atoms with Crippen LogP contribution < -0.4 is 4.72 Å². The molecule has 3 rings (SSSR count). The van der Waals surface area contributed by atoms with Crippen molar-refractivity contribution in [3.8, 4) is 0 Å². The van der Waals surface area contributed by atoms with Crippen molar-refractivity contribution in [3.63, 3.8) is 0 Å². The molecule has 1 unspecified atom stereocenters. The Labute approximate surface area is 167 Å². The lowest BCUT2D eigenvalue weighted by Crippen LogP contribution is -2.30. The molecule has 5 nitrogen and oxygen atoms in total. The molecule has 0 bridgehead atoms. The monoisotopic (exact) mass is 400 g/mol. The van der Waals surface area contributed by atoms with Crippen molar-refractivity contribution in [3.05, 3.63) is 63.8 Å². The molecule has 1 heterocycles. The largest absolute Gasteiger partial charge is 0.387 e. The highest BCUT2D eigenvalue weighted by Crippen LogP contribution is 2.29. The molecule has 1 aromatic heterocycles. The summed E-state index contributed by atoms with van der Waals surface area (Å²) in [4.78, 5) is 0.318. The number of hydrogen-bond donors (Lipinski definition) is 2. The lowest BCUT2D eigenvalue weighted by molar-refractivity contribution is 0.182. The number of nitrogens with one attached hydrogen (secondary N) is 1. The van der Waals surface area contributed by atoms with Crippen LogP contribution >= 0.6 is 0 Å². The van der Waals surface area contributed by atoms with E-state index >= 15 is 0 Å². The second kappa shape index (κ2) is 7.35. The predicted molar refractivity (Wildman–Crippen MR) is 113 cm³/mol. The minimum atomic E-state index is -3.74. The van der Waals surface area contributed by atoms with Crippen LogP contribution in [0.4, 0.5) is 0 Å². The fraction of sp³-hybridized carbons (Fsp3) is 0.364. The van der Waals surface area contributed by atoms with Gasteiger partial charge in [0, 0.05) is 25.3 Å². The zero-order valence-electron chi connectivity index (χ0n) is 17.3. The molecule has 0 fully saturated rings. The standard InChI is InChI=1S/C22H28N2O3S/c1-13-14(2)16(4)22(17(5)15(13)3)28(26,27)23-12-21(25)19-7-8-20-18(11-19)9-10-24(20)6/h7-11,21,23,25H,12H2,1-6H3. The lowest BCUT2D eigenvalue weighted by atomic mass is 9.95. The number of benzene rings is 2. The summed E-state index contributed by atoms with van der Waals surface area (Å²) >= 11 is 0. The molecule has 2 aromatic carbocycles. The van der Waals surface area contributed by atoms with Crippen LogP contribution in [0.15, 0.2) is 35.4 Å². The second-order valence-corrected chi connectivity index (χ2v) is 9.27. The molecule has 0 saturated heterocycles. The van der Waals surface area contributed by atoms with Crippen LogP contribution in [0.2, 0.25) is 0 Å². The summed E-state index contributed by atoms with van der Waals surface area (Å²) in [6.07, 6.45) is 1.03. The zero-order chi connectivity index (χ0) is 20.8. The van der Waals surface area contributed by atoms with E-state index in [-0.39, 0.29) is 6.54 Å². The topological polar surface area (TPSA) is 71.3 Å². The van der Waals surface area contributed by atoms with Gasteiger partial charge in [0.1, 0.15) is 0 Å².